The first-order chi connectivity index (χ1) is 12.1. The van der Waals surface area contributed by atoms with E-state index >= 15 is 0 Å². The van der Waals surface area contributed by atoms with Crippen molar-refractivity contribution in [2.75, 3.05) is 32.7 Å². The molecule has 2 heterocycles. The summed E-state index contributed by atoms with van der Waals surface area (Å²) >= 11 is 0. The van der Waals surface area contributed by atoms with Crippen molar-refractivity contribution in [3.05, 3.63) is 24.3 Å². The molecule has 1 aromatic rings. The van der Waals surface area contributed by atoms with Crippen LogP contribution >= 0.6 is 0 Å². The predicted molar refractivity (Wildman–Crippen MR) is 101 cm³/mol. The molecule has 0 N–H and O–H groups in total. The number of benzene rings is 1. The van der Waals surface area contributed by atoms with Gasteiger partial charge in [-0.2, -0.15) is 0 Å². The maximum absolute atomic E-state index is 13.1. The Morgan fingerprint density at radius 1 is 1.00 bits per heavy atom. The van der Waals surface area contributed by atoms with Crippen LogP contribution in [0.5, 0.6) is 0 Å². The minimum Gasteiger partial charge on any atom is -0.357 e. The Bertz CT molecular complexity index is 751. The quantitative estimate of drug-likeness (QED) is 0.744. The largest absolute Gasteiger partial charge is 0.357 e. The topological polar surface area (TPSA) is 53.0 Å². The molecular formula is C18H24BN3O2S. The van der Waals surface area contributed by atoms with Gasteiger partial charge in [0.25, 0.3) is 0 Å². The number of hydrogen-bond donors (Lipinski definition) is 0. The van der Waals surface area contributed by atoms with Crippen LogP contribution in [0.15, 0.2) is 34.2 Å². The second-order valence-corrected chi connectivity index (χ2v) is 9.37. The van der Waals surface area contributed by atoms with Crippen molar-refractivity contribution in [2.45, 2.75) is 41.9 Å². The molecule has 2 radical (unpaired) electrons. The maximum atomic E-state index is 13.1. The molecule has 7 heteroatoms. The Morgan fingerprint density at radius 2 is 1.68 bits per heavy atom. The summed E-state index contributed by atoms with van der Waals surface area (Å²) in [5, 5.41) is -0.522. The van der Waals surface area contributed by atoms with Crippen molar-refractivity contribution < 1.29 is 8.42 Å². The van der Waals surface area contributed by atoms with Crippen molar-refractivity contribution >= 4 is 29.0 Å². The summed E-state index contributed by atoms with van der Waals surface area (Å²) < 4.78 is 26.1. The Kier molecular flexibility index (Phi) is 4.62. The number of piperazine rings is 1. The predicted octanol–water partition coefficient (Wildman–Crippen LogP) is 0.595. The molecule has 5 nitrogen and oxygen atoms in total. The highest BCUT2D eigenvalue weighted by Crippen LogP contribution is 2.28. The standard InChI is InChI=1S/C18H24BN3O2S/c19-14-4-6-16(7-5-14)25(23,24)17-8-9-20-18(17)22-12-10-21(11-13-22)15-2-1-3-15/h4-7,15,17H,1-3,8-13H2. The molecule has 0 spiro atoms. The fraction of sp³-hybridized carbons (Fsp3) is 0.611. The average molecular weight is 357 g/mol. The molecule has 2 fully saturated rings. The van der Waals surface area contributed by atoms with Gasteiger partial charge in [-0.15, -0.1) is 0 Å². The Hall–Kier alpha value is -1.34. The van der Waals surface area contributed by atoms with Crippen molar-refractivity contribution in [2.24, 2.45) is 4.99 Å². The number of rotatable bonds is 3. The molecule has 1 unspecified atom stereocenters. The molecule has 1 saturated heterocycles. The number of hydrogen-bond acceptors (Lipinski definition) is 5. The third-order valence-electron chi connectivity index (χ3n) is 5.77. The molecule has 1 atom stereocenters. The highest BCUT2D eigenvalue weighted by atomic mass is 32.2. The van der Waals surface area contributed by atoms with Crippen LogP contribution in [0, 0.1) is 0 Å². The molecule has 25 heavy (non-hydrogen) atoms. The van der Waals surface area contributed by atoms with Crippen LogP contribution < -0.4 is 5.46 Å². The van der Waals surface area contributed by atoms with Gasteiger partial charge in [-0.3, -0.25) is 9.89 Å². The van der Waals surface area contributed by atoms with Crippen molar-refractivity contribution in [1.29, 1.82) is 0 Å². The minimum absolute atomic E-state index is 0.342. The number of nitrogens with zero attached hydrogens (tertiary/aromatic N) is 3. The van der Waals surface area contributed by atoms with Gasteiger partial charge in [-0.05, 0) is 31.4 Å². The van der Waals surface area contributed by atoms with Crippen molar-refractivity contribution in [3.63, 3.8) is 0 Å². The molecule has 0 aromatic heterocycles. The van der Waals surface area contributed by atoms with Crippen LogP contribution in [0.25, 0.3) is 0 Å². The van der Waals surface area contributed by atoms with Gasteiger partial charge in [0.15, 0.2) is 9.84 Å². The summed E-state index contributed by atoms with van der Waals surface area (Å²) in [6.07, 6.45) is 4.55. The summed E-state index contributed by atoms with van der Waals surface area (Å²) in [6, 6.07) is 7.26. The average Bonchev–Trinajstić information content (AvgIpc) is 3.05. The van der Waals surface area contributed by atoms with E-state index in [9.17, 15) is 8.42 Å². The smallest absolute Gasteiger partial charge is 0.188 e. The van der Waals surface area contributed by atoms with Gasteiger partial charge >= 0.3 is 0 Å². The third-order valence-corrected chi connectivity index (χ3v) is 7.89. The number of amidine groups is 1. The minimum atomic E-state index is -3.42. The highest BCUT2D eigenvalue weighted by molar-refractivity contribution is 7.92. The van der Waals surface area contributed by atoms with E-state index in [4.69, 9.17) is 7.85 Å². The molecule has 3 aliphatic rings. The molecule has 1 saturated carbocycles. The first-order valence-electron chi connectivity index (χ1n) is 9.18. The Balaban J connectivity index is 1.48. The molecule has 4 rings (SSSR count). The number of aliphatic imine (C=N–C) groups is 1. The second-order valence-electron chi connectivity index (χ2n) is 7.24. The van der Waals surface area contributed by atoms with Crippen LogP contribution in [0.4, 0.5) is 0 Å². The van der Waals surface area contributed by atoms with E-state index in [0.29, 0.717) is 23.3 Å². The summed E-state index contributed by atoms with van der Waals surface area (Å²) in [7, 11) is 2.27. The normalized spacial score (nSPS) is 25.7. The van der Waals surface area contributed by atoms with Gasteiger partial charge in [0.1, 0.15) is 18.9 Å². The van der Waals surface area contributed by atoms with Gasteiger partial charge in [0, 0.05) is 38.8 Å². The third kappa shape index (κ3) is 3.24. The van der Waals surface area contributed by atoms with Gasteiger partial charge in [-0.1, -0.05) is 24.0 Å². The van der Waals surface area contributed by atoms with E-state index in [1.54, 1.807) is 24.3 Å². The SMILES string of the molecule is [B]c1ccc(S(=O)(=O)C2CCN=C2N2CCN(C3CCC3)CC2)cc1. The lowest BCUT2D eigenvalue weighted by Gasteiger charge is -2.44. The molecule has 0 amide bonds. The van der Waals surface area contributed by atoms with E-state index in [1.165, 1.54) is 19.3 Å². The molecule has 1 aliphatic carbocycles. The lowest BCUT2D eigenvalue weighted by molar-refractivity contribution is 0.0850. The molecule has 1 aromatic carbocycles. The molecular weight excluding hydrogens is 333 g/mol. The summed E-state index contributed by atoms with van der Waals surface area (Å²) in [6.45, 7) is 4.37. The van der Waals surface area contributed by atoms with Gasteiger partial charge in [0.2, 0.25) is 0 Å². The van der Waals surface area contributed by atoms with Gasteiger partial charge < -0.3 is 4.90 Å². The Labute approximate surface area is 151 Å². The first-order valence-corrected chi connectivity index (χ1v) is 10.7. The van der Waals surface area contributed by atoms with E-state index < -0.39 is 15.1 Å². The highest BCUT2D eigenvalue weighted by Gasteiger charge is 2.39. The monoisotopic (exact) mass is 357 g/mol. The zero-order valence-electron chi connectivity index (χ0n) is 14.5. The second kappa shape index (κ2) is 6.76. The van der Waals surface area contributed by atoms with E-state index in [-0.39, 0.29) is 0 Å². The fourth-order valence-electron chi connectivity index (χ4n) is 4.01. The zero-order chi connectivity index (χ0) is 17.4. The van der Waals surface area contributed by atoms with E-state index in [2.05, 4.69) is 14.8 Å². The summed E-state index contributed by atoms with van der Waals surface area (Å²) in [5.41, 5.74) is 0.575. The Morgan fingerprint density at radius 3 is 2.28 bits per heavy atom. The van der Waals surface area contributed by atoms with E-state index in [1.807, 2.05) is 0 Å². The van der Waals surface area contributed by atoms with Gasteiger partial charge in [0.05, 0.1) is 4.90 Å². The lowest BCUT2D eigenvalue weighted by Crippen LogP contribution is -2.55. The number of sulfone groups is 1. The van der Waals surface area contributed by atoms with Crippen LogP contribution in [0.2, 0.25) is 0 Å². The van der Waals surface area contributed by atoms with Gasteiger partial charge in [-0.25, -0.2) is 8.42 Å². The van der Waals surface area contributed by atoms with Crippen molar-refractivity contribution in [3.8, 4) is 0 Å². The van der Waals surface area contributed by atoms with Crippen LogP contribution in [0.3, 0.4) is 0 Å². The molecule has 0 bridgehead atoms. The molecule has 132 valence electrons. The van der Waals surface area contributed by atoms with Crippen LogP contribution in [-0.4, -0.2) is 75.9 Å². The fourth-order valence-corrected chi connectivity index (χ4v) is 5.78. The maximum Gasteiger partial charge on any atom is 0.188 e. The van der Waals surface area contributed by atoms with Crippen molar-refractivity contribution in [1.82, 2.24) is 9.80 Å². The zero-order valence-corrected chi connectivity index (χ0v) is 15.3. The summed E-state index contributed by atoms with van der Waals surface area (Å²) in [5.74, 6) is 0.769. The molecule has 2 aliphatic heterocycles. The van der Waals surface area contributed by atoms with E-state index in [0.717, 1.165) is 38.1 Å². The van der Waals surface area contributed by atoms with Crippen LogP contribution in [-0.2, 0) is 9.84 Å². The first kappa shape index (κ1) is 17.1. The summed E-state index contributed by atoms with van der Waals surface area (Å²) in [4.78, 5) is 9.67. The van der Waals surface area contributed by atoms with Crippen LogP contribution in [0.1, 0.15) is 25.7 Å². The lowest BCUT2D eigenvalue weighted by atomic mass is 9.91.